The van der Waals surface area contributed by atoms with Gasteiger partial charge in [-0.15, -0.1) is 5.10 Å². The molecule has 0 saturated heterocycles. The van der Waals surface area contributed by atoms with E-state index in [0.29, 0.717) is 5.82 Å². The third kappa shape index (κ3) is 3.18. The Balaban J connectivity index is 2.13. The van der Waals surface area contributed by atoms with Crippen LogP contribution in [0.25, 0.3) is 0 Å². The highest BCUT2D eigenvalue weighted by Crippen LogP contribution is 2.04. The van der Waals surface area contributed by atoms with Crippen LogP contribution in [0.5, 0.6) is 0 Å². The summed E-state index contributed by atoms with van der Waals surface area (Å²) in [6.07, 6.45) is 5.10. The highest BCUT2D eigenvalue weighted by atomic mass is 15.3. The second kappa shape index (κ2) is 5.62. The van der Waals surface area contributed by atoms with Crippen molar-refractivity contribution in [2.24, 2.45) is 21.7 Å². The first kappa shape index (κ1) is 11.8. The molecule has 0 amide bonds. The Hall–Kier alpha value is -2.63. The molecule has 1 aromatic heterocycles. The molecule has 0 atom stereocenters. The number of hydrogen-bond acceptors (Lipinski definition) is 3. The molecule has 6 heteroatoms. The lowest BCUT2D eigenvalue weighted by Gasteiger charge is -2.04. The lowest BCUT2D eigenvalue weighted by Crippen LogP contribution is -2.21. The molecule has 92 valence electrons. The molecule has 1 aromatic carbocycles. The average molecular weight is 242 g/mol. The number of rotatable bonds is 4. The number of aromatic nitrogens is 2. The van der Waals surface area contributed by atoms with Crippen molar-refractivity contribution in [3.63, 3.8) is 0 Å². The van der Waals surface area contributed by atoms with Gasteiger partial charge in [-0.05, 0) is 5.56 Å². The van der Waals surface area contributed by atoms with E-state index in [0.717, 1.165) is 6.54 Å². The standard InChI is InChI=1S/C12H14N6/c13-12(14)17-16-8-11-15-6-7-18(11)9-10-4-2-1-3-5-10/h1-8H,9H2,(H4,13,14,17). The number of nitrogens with zero attached hydrogens (tertiary/aromatic N) is 4. The highest BCUT2D eigenvalue weighted by Gasteiger charge is 2.00. The van der Waals surface area contributed by atoms with Crippen molar-refractivity contribution < 1.29 is 0 Å². The van der Waals surface area contributed by atoms with Crippen LogP contribution in [0.1, 0.15) is 11.4 Å². The van der Waals surface area contributed by atoms with Gasteiger partial charge in [-0.1, -0.05) is 30.3 Å². The minimum absolute atomic E-state index is 0.0765. The number of hydrogen-bond donors (Lipinski definition) is 2. The van der Waals surface area contributed by atoms with Gasteiger partial charge < -0.3 is 16.0 Å². The van der Waals surface area contributed by atoms with Crippen molar-refractivity contribution in [1.82, 2.24) is 9.55 Å². The first-order valence-electron chi connectivity index (χ1n) is 5.43. The maximum absolute atomic E-state index is 5.18. The Labute approximate surface area is 105 Å². The zero-order valence-electron chi connectivity index (χ0n) is 9.77. The summed E-state index contributed by atoms with van der Waals surface area (Å²) in [5.41, 5.74) is 11.5. The van der Waals surface area contributed by atoms with Crippen molar-refractivity contribution in [3.05, 3.63) is 54.1 Å². The normalized spacial score (nSPS) is 10.7. The van der Waals surface area contributed by atoms with Gasteiger partial charge in [0, 0.05) is 18.9 Å². The fraction of sp³-hybridized carbons (Fsp3) is 0.0833. The summed E-state index contributed by atoms with van der Waals surface area (Å²) in [6, 6.07) is 10.1. The Morgan fingerprint density at radius 3 is 2.78 bits per heavy atom. The molecule has 2 rings (SSSR count). The van der Waals surface area contributed by atoms with Gasteiger partial charge in [-0.2, -0.15) is 5.10 Å². The van der Waals surface area contributed by atoms with Gasteiger partial charge in [-0.25, -0.2) is 4.98 Å². The van der Waals surface area contributed by atoms with Crippen molar-refractivity contribution >= 4 is 12.2 Å². The zero-order valence-corrected chi connectivity index (χ0v) is 9.77. The summed E-state index contributed by atoms with van der Waals surface area (Å²) in [4.78, 5) is 4.17. The molecule has 0 unspecified atom stereocenters. The van der Waals surface area contributed by atoms with Crippen molar-refractivity contribution in [3.8, 4) is 0 Å². The molecule has 0 radical (unpaired) electrons. The second-order valence-corrected chi connectivity index (χ2v) is 3.67. The number of imidazole rings is 1. The van der Waals surface area contributed by atoms with Crippen LogP contribution in [0, 0.1) is 0 Å². The van der Waals surface area contributed by atoms with E-state index in [-0.39, 0.29) is 5.96 Å². The van der Waals surface area contributed by atoms with Gasteiger partial charge in [0.2, 0.25) is 5.96 Å². The van der Waals surface area contributed by atoms with E-state index in [1.807, 2.05) is 29.0 Å². The van der Waals surface area contributed by atoms with Crippen molar-refractivity contribution in [2.45, 2.75) is 6.54 Å². The Morgan fingerprint density at radius 2 is 2.06 bits per heavy atom. The fourth-order valence-electron chi connectivity index (χ4n) is 1.51. The van der Waals surface area contributed by atoms with Gasteiger partial charge >= 0.3 is 0 Å². The molecular formula is C12H14N6. The molecule has 1 heterocycles. The van der Waals surface area contributed by atoms with E-state index in [2.05, 4.69) is 27.3 Å². The Morgan fingerprint density at radius 1 is 1.28 bits per heavy atom. The van der Waals surface area contributed by atoms with Crippen LogP contribution in [-0.4, -0.2) is 21.7 Å². The van der Waals surface area contributed by atoms with Gasteiger partial charge in [0.25, 0.3) is 0 Å². The number of benzene rings is 1. The van der Waals surface area contributed by atoms with E-state index in [4.69, 9.17) is 11.5 Å². The van der Waals surface area contributed by atoms with Crippen LogP contribution in [-0.2, 0) is 6.54 Å². The SMILES string of the molecule is NC(N)=NN=Cc1nccn1Cc1ccccc1. The van der Waals surface area contributed by atoms with Crippen molar-refractivity contribution in [2.75, 3.05) is 0 Å². The van der Waals surface area contributed by atoms with E-state index in [1.54, 1.807) is 6.20 Å². The van der Waals surface area contributed by atoms with Crippen LogP contribution in [0.3, 0.4) is 0 Å². The average Bonchev–Trinajstić information content (AvgIpc) is 2.78. The van der Waals surface area contributed by atoms with E-state index in [1.165, 1.54) is 11.8 Å². The second-order valence-electron chi connectivity index (χ2n) is 3.67. The molecule has 4 N–H and O–H groups in total. The van der Waals surface area contributed by atoms with Crippen LogP contribution in [0.15, 0.2) is 52.9 Å². The Bertz CT molecular complexity index is 551. The lowest BCUT2D eigenvalue weighted by molar-refractivity contribution is 0.789. The van der Waals surface area contributed by atoms with Crippen LogP contribution in [0.2, 0.25) is 0 Å². The van der Waals surface area contributed by atoms with E-state index in [9.17, 15) is 0 Å². The molecule has 6 nitrogen and oxygen atoms in total. The quantitative estimate of drug-likeness (QED) is 0.465. The predicted octanol–water partition coefficient (Wildman–Crippen LogP) is 0.539. The zero-order chi connectivity index (χ0) is 12.8. The first-order chi connectivity index (χ1) is 8.75. The summed E-state index contributed by atoms with van der Waals surface area (Å²) in [6.45, 7) is 0.726. The summed E-state index contributed by atoms with van der Waals surface area (Å²) < 4.78 is 1.96. The summed E-state index contributed by atoms with van der Waals surface area (Å²) in [7, 11) is 0. The maximum Gasteiger partial charge on any atom is 0.211 e. The molecule has 0 saturated carbocycles. The highest BCUT2D eigenvalue weighted by molar-refractivity contribution is 5.78. The summed E-state index contributed by atoms with van der Waals surface area (Å²) >= 11 is 0. The third-order valence-electron chi connectivity index (χ3n) is 2.29. The molecule has 0 aliphatic carbocycles. The van der Waals surface area contributed by atoms with Gasteiger partial charge in [0.15, 0.2) is 5.82 Å². The minimum atomic E-state index is -0.0765. The smallest absolute Gasteiger partial charge is 0.211 e. The fourth-order valence-corrected chi connectivity index (χ4v) is 1.51. The van der Waals surface area contributed by atoms with Gasteiger partial charge in [0.1, 0.15) is 0 Å². The molecule has 0 fully saturated rings. The van der Waals surface area contributed by atoms with Crippen molar-refractivity contribution in [1.29, 1.82) is 0 Å². The first-order valence-corrected chi connectivity index (χ1v) is 5.43. The number of guanidine groups is 1. The lowest BCUT2D eigenvalue weighted by atomic mass is 10.2. The topological polar surface area (TPSA) is 94.6 Å². The van der Waals surface area contributed by atoms with Crippen LogP contribution < -0.4 is 11.5 Å². The van der Waals surface area contributed by atoms with Crippen LogP contribution >= 0.6 is 0 Å². The molecule has 0 spiro atoms. The maximum atomic E-state index is 5.18. The van der Waals surface area contributed by atoms with Gasteiger partial charge in [-0.3, -0.25) is 0 Å². The predicted molar refractivity (Wildman–Crippen MR) is 71.2 cm³/mol. The molecule has 2 aromatic rings. The molecule has 18 heavy (non-hydrogen) atoms. The van der Waals surface area contributed by atoms with Crippen LogP contribution in [0.4, 0.5) is 0 Å². The monoisotopic (exact) mass is 242 g/mol. The molecule has 0 aliphatic rings. The molecular weight excluding hydrogens is 228 g/mol. The number of nitrogens with two attached hydrogens (primary N) is 2. The largest absolute Gasteiger partial charge is 0.369 e. The summed E-state index contributed by atoms with van der Waals surface area (Å²) in [5, 5.41) is 7.28. The Kier molecular flexibility index (Phi) is 3.70. The minimum Gasteiger partial charge on any atom is -0.369 e. The molecule has 0 bridgehead atoms. The molecule has 0 aliphatic heterocycles. The van der Waals surface area contributed by atoms with E-state index < -0.39 is 0 Å². The summed E-state index contributed by atoms with van der Waals surface area (Å²) in [5.74, 6) is 0.622. The van der Waals surface area contributed by atoms with E-state index >= 15 is 0 Å². The van der Waals surface area contributed by atoms with Gasteiger partial charge in [0.05, 0.1) is 6.21 Å². The third-order valence-corrected chi connectivity index (χ3v) is 2.29.